The Bertz CT molecular complexity index is 343. The molecule has 0 bridgehead atoms. The molecule has 0 spiro atoms. The monoisotopic (exact) mass is 311 g/mol. The van der Waals surface area contributed by atoms with Crippen molar-refractivity contribution in [2.45, 2.75) is 83.5 Å². The third-order valence-electron chi connectivity index (χ3n) is 4.21. The Hall–Kier alpha value is -1.30. The molecule has 1 rings (SSSR count). The predicted octanol–water partition coefficient (Wildman–Crippen LogP) is 7.66. The van der Waals surface area contributed by atoms with Crippen LogP contribution >= 0.6 is 0 Å². The Morgan fingerprint density at radius 2 is 0.913 bits per heavy atom. The van der Waals surface area contributed by atoms with Gasteiger partial charge in [0.2, 0.25) is 0 Å². The molecule has 0 aromatic heterocycles. The lowest BCUT2D eigenvalue weighted by Gasteiger charge is -2.02. The van der Waals surface area contributed by atoms with E-state index in [2.05, 4.69) is 54.7 Å². The normalized spacial score (nSPS) is 27.5. The fourth-order valence-electron chi connectivity index (χ4n) is 2.78. The Kier molecular flexibility index (Phi) is 14.6. The number of hydrogen-bond acceptors (Lipinski definition) is 0. The molecule has 127 valence electrons. The van der Waals surface area contributed by atoms with Gasteiger partial charge in [-0.25, -0.2) is 0 Å². The van der Waals surface area contributed by atoms with Crippen molar-refractivity contribution in [2.75, 3.05) is 0 Å². The molecule has 0 aromatic rings. The van der Waals surface area contributed by atoms with E-state index in [4.69, 9.17) is 0 Å². The maximum absolute atomic E-state index is 3.36. The van der Waals surface area contributed by atoms with Gasteiger partial charge in [0.25, 0.3) is 0 Å². The van der Waals surface area contributed by atoms with Crippen molar-refractivity contribution < 1.29 is 0 Å². The Morgan fingerprint density at radius 3 is 1.57 bits per heavy atom. The minimum absolute atomic E-state index is 1.10. The topological polar surface area (TPSA) is 0 Å². The average molecular weight is 312 g/mol. The van der Waals surface area contributed by atoms with E-state index >= 15 is 0 Å². The van der Waals surface area contributed by atoms with Crippen LogP contribution in [0.4, 0.5) is 0 Å². The van der Waals surface area contributed by atoms with Gasteiger partial charge in [0, 0.05) is 0 Å². The van der Waals surface area contributed by atoms with Crippen molar-refractivity contribution in [3.05, 3.63) is 60.8 Å². The quantitative estimate of drug-likeness (QED) is 0.431. The maximum Gasteiger partial charge on any atom is -0.0276 e. The lowest BCUT2D eigenvalue weighted by atomic mass is 10.0. The van der Waals surface area contributed by atoms with Gasteiger partial charge in [-0.2, -0.15) is 0 Å². The molecule has 0 heterocycles. The summed E-state index contributed by atoms with van der Waals surface area (Å²) in [5.74, 6) is 0. The highest BCUT2D eigenvalue weighted by Gasteiger charge is 1.93. The van der Waals surface area contributed by atoms with Gasteiger partial charge in [-0.1, -0.05) is 112 Å². The number of hydrogen-bond donors (Lipinski definition) is 0. The van der Waals surface area contributed by atoms with Gasteiger partial charge in [-0.05, 0) is 31.8 Å². The molecule has 0 atom stereocenters. The largest absolute Gasteiger partial charge is 0.0845 e. The summed E-state index contributed by atoms with van der Waals surface area (Å²) >= 11 is 0. The molecular formula is C23H35. The van der Waals surface area contributed by atoms with E-state index in [1.165, 1.54) is 77.0 Å². The van der Waals surface area contributed by atoms with E-state index in [1.807, 2.05) is 6.08 Å². The molecule has 1 radical (unpaired) electrons. The maximum atomic E-state index is 3.36. The van der Waals surface area contributed by atoms with Crippen molar-refractivity contribution in [3.8, 4) is 0 Å². The molecule has 0 aliphatic heterocycles. The summed E-state index contributed by atoms with van der Waals surface area (Å²) in [6.45, 7) is 0. The molecule has 1 aliphatic carbocycles. The molecule has 0 saturated heterocycles. The van der Waals surface area contributed by atoms with Gasteiger partial charge in [0.05, 0.1) is 0 Å². The van der Waals surface area contributed by atoms with Crippen LogP contribution in [-0.2, 0) is 0 Å². The van der Waals surface area contributed by atoms with Crippen molar-refractivity contribution >= 4 is 0 Å². The number of rotatable bonds is 0. The fourth-order valence-corrected chi connectivity index (χ4v) is 2.78. The molecule has 0 aromatic carbocycles. The van der Waals surface area contributed by atoms with Gasteiger partial charge in [-0.3, -0.25) is 0 Å². The summed E-state index contributed by atoms with van der Waals surface area (Å²) < 4.78 is 0. The van der Waals surface area contributed by atoms with Gasteiger partial charge in [0.1, 0.15) is 0 Å². The summed E-state index contributed by atoms with van der Waals surface area (Å²) in [6, 6.07) is 0. The van der Waals surface area contributed by atoms with Crippen LogP contribution in [0.25, 0.3) is 0 Å². The molecule has 1 aliphatic rings. The van der Waals surface area contributed by atoms with Crippen LogP contribution in [-0.4, -0.2) is 0 Å². The lowest BCUT2D eigenvalue weighted by molar-refractivity contribution is 0.547. The standard InChI is InChI=1S/C23H35/c1-2-4-6-8-10-12-14-16-18-20-22-23-21-19-17-15-13-11-9-7-5-3-1/h1-9H,10,12-23H2/b3-1+,4-2+,7-5+,8-6-,11-9?. The SMILES string of the molecule is [C]1=C/C=C/C=C/C=C/C=C\CCCCCCCCCCCCC/1. The van der Waals surface area contributed by atoms with E-state index < -0.39 is 0 Å². The number of allylic oxidation sites excluding steroid dienone is 10. The first kappa shape index (κ1) is 19.7. The average Bonchev–Trinajstić information content (AvgIpc) is 2.56. The fraction of sp³-hybridized carbons (Fsp3) is 0.565. The third kappa shape index (κ3) is 15.4. The van der Waals surface area contributed by atoms with Gasteiger partial charge in [-0.15, -0.1) is 0 Å². The Balaban J connectivity index is 2.27. The van der Waals surface area contributed by atoms with Crippen LogP contribution in [0, 0.1) is 6.08 Å². The van der Waals surface area contributed by atoms with Crippen LogP contribution in [0.3, 0.4) is 0 Å². The van der Waals surface area contributed by atoms with Gasteiger partial charge in [0.15, 0.2) is 0 Å². The molecule has 0 fully saturated rings. The summed E-state index contributed by atoms with van der Waals surface area (Å²) in [6.07, 6.45) is 40.0. The van der Waals surface area contributed by atoms with Crippen LogP contribution in [0.2, 0.25) is 0 Å². The second kappa shape index (κ2) is 17.1. The van der Waals surface area contributed by atoms with Crippen LogP contribution in [0.15, 0.2) is 54.7 Å². The lowest BCUT2D eigenvalue weighted by Crippen LogP contribution is -1.82. The van der Waals surface area contributed by atoms with Crippen LogP contribution in [0.1, 0.15) is 83.5 Å². The zero-order valence-corrected chi connectivity index (χ0v) is 14.9. The summed E-state index contributed by atoms with van der Waals surface area (Å²) in [4.78, 5) is 0. The molecule has 0 N–H and O–H groups in total. The van der Waals surface area contributed by atoms with E-state index in [0.29, 0.717) is 0 Å². The summed E-state index contributed by atoms with van der Waals surface area (Å²) in [5, 5.41) is 0. The van der Waals surface area contributed by atoms with E-state index in [0.717, 1.165) is 6.42 Å². The summed E-state index contributed by atoms with van der Waals surface area (Å²) in [5.41, 5.74) is 0. The van der Waals surface area contributed by atoms with Crippen molar-refractivity contribution in [1.82, 2.24) is 0 Å². The van der Waals surface area contributed by atoms with Crippen molar-refractivity contribution in [2.24, 2.45) is 0 Å². The Labute approximate surface area is 144 Å². The van der Waals surface area contributed by atoms with Crippen LogP contribution < -0.4 is 0 Å². The van der Waals surface area contributed by atoms with Crippen LogP contribution in [0.5, 0.6) is 0 Å². The molecule has 0 heteroatoms. The van der Waals surface area contributed by atoms with E-state index in [1.54, 1.807) is 0 Å². The zero-order chi connectivity index (χ0) is 16.3. The minimum Gasteiger partial charge on any atom is -0.0845 e. The van der Waals surface area contributed by atoms with Crippen molar-refractivity contribution in [3.63, 3.8) is 0 Å². The second-order valence-electron chi connectivity index (χ2n) is 6.38. The molecule has 23 heavy (non-hydrogen) atoms. The highest BCUT2D eigenvalue weighted by Crippen LogP contribution is 2.12. The third-order valence-corrected chi connectivity index (χ3v) is 4.21. The van der Waals surface area contributed by atoms with Gasteiger partial charge >= 0.3 is 0 Å². The van der Waals surface area contributed by atoms with E-state index in [9.17, 15) is 0 Å². The first-order valence-electron chi connectivity index (χ1n) is 9.72. The van der Waals surface area contributed by atoms with E-state index in [-0.39, 0.29) is 0 Å². The van der Waals surface area contributed by atoms with Crippen molar-refractivity contribution in [1.29, 1.82) is 0 Å². The minimum atomic E-state index is 1.10. The molecular weight excluding hydrogens is 276 g/mol. The Morgan fingerprint density at radius 1 is 0.435 bits per heavy atom. The zero-order valence-electron chi connectivity index (χ0n) is 14.9. The highest BCUT2D eigenvalue weighted by atomic mass is 14.0. The first-order chi connectivity index (χ1) is 11.5. The van der Waals surface area contributed by atoms with Gasteiger partial charge < -0.3 is 0 Å². The molecule has 0 nitrogen and oxygen atoms in total. The molecule has 0 saturated carbocycles. The highest BCUT2D eigenvalue weighted by molar-refractivity contribution is 5.17. The summed E-state index contributed by atoms with van der Waals surface area (Å²) in [7, 11) is 0. The second-order valence-corrected chi connectivity index (χ2v) is 6.38. The predicted molar refractivity (Wildman–Crippen MR) is 104 cm³/mol. The first-order valence-corrected chi connectivity index (χ1v) is 9.72. The molecule has 0 amide bonds. The molecule has 0 unspecified atom stereocenters. The smallest absolute Gasteiger partial charge is 0.0276 e.